The van der Waals surface area contributed by atoms with E-state index in [4.69, 9.17) is 5.73 Å². The number of halogens is 1. The first-order valence-corrected chi connectivity index (χ1v) is 6.84. The van der Waals surface area contributed by atoms with E-state index < -0.39 is 0 Å². The van der Waals surface area contributed by atoms with Crippen LogP contribution in [-0.2, 0) is 0 Å². The minimum absolute atomic E-state index is 0. The molecule has 0 radical (unpaired) electrons. The summed E-state index contributed by atoms with van der Waals surface area (Å²) in [6.07, 6.45) is 5.73. The molecule has 106 valence electrons. The number of nitrogens with zero attached hydrogens (tertiary/aromatic N) is 1. The Bertz CT molecular complexity index is 444. The van der Waals surface area contributed by atoms with Gasteiger partial charge in [-0.3, -0.25) is 9.89 Å². The number of aromatic amines is 1. The normalized spacial score (nSPS) is 25.9. The lowest BCUT2D eigenvalue weighted by Gasteiger charge is -2.18. The molecule has 0 aliphatic heterocycles. The summed E-state index contributed by atoms with van der Waals surface area (Å²) in [6.45, 7) is 0.652. The van der Waals surface area contributed by atoms with Crippen molar-refractivity contribution in [2.75, 3.05) is 6.54 Å². The zero-order valence-corrected chi connectivity index (χ0v) is 11.7. The van der Waals surface area contributed by atoms with Gasteiger partial charge in [0, 0.05) is 17.7 Å². The van der Waals surface area contributed by atoms with Gasteiger partial charge in [-0.25, -0.2) is 0 Å². The van der Waals surface area contributed by atoms with Crippen LogP contribution in [-0.4, -0.2) is 28.7 Å². The van der Waals surface area contributed by atoms with E-state index >= 15 is 0 Å². The van der Waals surface area contributed by atoms with Gasteiger partial charge in [-0.1, -0.05) is 6.42 Å². The number of carbonyl (C=O) groups excluding carboxylic acids is 1. The van der Waals surface area contributed by atoms with Crippen LogP contribution < -0.4 is 11.1 Å². The maximum Gasteiger partial charge on any atom is 0.272 e. The zero-order chi connectivity index (χ0) is 12.5. The number of amides is 1. The van der Waals surface area contributed by atoms with Crippen LogP contribution in [0.25, 0.3) is 0 Å². The Morgan fingerprint density at radius 1 is 1.42 bits per heavy atom. The molecule has 2 fully saturated rings. The van der Waals surface area contributed by atoms with E-state index in [0.717, 1.165) is 25.0 Å². The first-order chi connectivity index (χ1) is 8.78. The van der Waals surface area contributed by atoms with E-state index in [9.17, 15) is 4.79 Å². The third kappa shape index (κ3) is 3.09. The Kier molecular flexibility index (Phi) is 4.47. The van der Waals surface area contributed by atoms with Crippen molar-refractivity contribution < 1.29 is 4.79 Å². The molecule has 1 aromatic rings. The monoisotopic (exact) mass is 284 g/mol. The zero-order valence-electron chi connectivity index (χ0n) is 10.9. The fourth-order valence-electron chi connectivity index (χ4n) is 2.81. The van der Waals surface area contributed by atoms with Crippen molar-refractivity contribution in [1.82, 2.24) is 15.5 Å². The molecule has 0 aromatic carbocycles. The van der Waals surface area contributed by atoms with Gasteiger partial charge in [0.25, 0.3) is 5.91 Å². The van der Waals surface area contributed by atoms with Crippen molar-refractivity contribution in [2.45, 2.75) is 44.1 Å². The predicted molar refractivity (Wildman–Crippen MR) is 75.5 cm³/mol. The fraction of sp³-hybridized carbons (Fsp3) is 0.692. The Morgan fingerprint density at radius 2 is 2.21 bits per heavy atom. The van der Waals surface area contributed by atoms with Crippen LogP contribution in [0.5, 0.6) is 0 Å². The van der Waals surface area contributed by atoms with Crippen LogP contribution in [0.2, 0.25) is 0 Å². The molecule has 1 amide bonds. The molecule has 2 aliphatic rings. The van der Waals surface area contributed by atoms with Crippen molar-refractivity contribution in [2.24, 2.45) is 11.7 Å². The third-order valence-electron chi connectivity index (χ3n) is 4.13. The molecular formula is C13H21ClN4O. The summed E-state index contributed by atoms with van der Waals surface area (Å²) in [5.41, 5.74) is 7.33. The van der Waals surface area contributed by atoms with Crippen LogP contribution in [0.1, 0.15) is 54.2 Å². The molecule has 2 unspecified atom stereocenters. The quantitative estimate of drug-likeness (QED) is 0.785. The van der Waals surface area contributed by atoms with E-state index in [2.05, 4.69) is 15.5 Å². The molecule has 19 heavy (non-hydrogen) atoms. The largest absolute Gasteiger partial charge is 0.348 e. The first-order valence-electron chi connectivity index (χ1n) is 6.84. The Balaban J connectivity index is 0.00000133. The van der Waals surface area contributed by atoms with E-state index in [1.807, 2.05) is 6.07 Å². The van der Waals surface area contributed by atoms with Crippen LogP contribution in [0, 0.1) is 5.92 Å². The number of hydrogen-bond donors (Lipinski definition) is 3. The molecule has 2 atom stereocenters. The van der Waals surface area contributed by atoms with Crippen LogP contribution >= 0.6 is 12.4 Å². The summed E-state index contributed by atoms with van der Waals surface area (Å²) < 4.78 is 0. The van der Waals surface area contributed by atoms with E-state index in [-0.39, 0.29) is 24.4 Å². The molecule has 0 saturated heterocycles. The van der Waals surface area contributed by atoms with E-state index in [0.29, 0.717) is 24.1 Å². The lowest BCUT2D eigenvalue weighted by atomic mass is 10.0. The number of nitrogens with one attached hydrogen (secondary N) is 2. The highest BCUT2D eigenvalue weighted by Gasteiger charge is 2.29. The minimum atomic E-state index is -0.0662. The van der Waals surface area contributed by atoms with Gasteiger partial charge in [0.15, 0.2) is 0 Å². The van der Waals surface area contributed by atoms with Gasteiger partial charge in [-0.15, -0.1) is 12.4 Å². The summed E-state index contributed by atoms with van der Waals surface area (Å²) >= 11 is 0. The Morgan fingerprint density at radius 3 is 2.89 bits per heavy atom. The smallest absolute Gasteiger partial charge is 0.272 e. The van der Waals surface area contributed by atoms with Gasteiger partial charge < -0.3 is 11.1 Å². The highest BCUT2D eigenvalue weighted by molar-refractivity contribution is 5.92. The number of hydrogen-bond acceptors (Lipinski definition) is 3. The van der Waals surface area contributed by atoms with Gasteiger partial charge in [0.1, 0.15) is 5.69 Å². The fourth-order valence-corrected chi connectivity index (χ4v) is 2.81. The summed E-state index contributed by atoms with van der Waals surface area (Å²) in [4.78, 5) is 12.1. The standard InChI is InChI=1S/C13H20N4O.ClH/c14-7-9-2-1-3-10(9)15-13(18)12-6-11(16-17-12)8-4-5-8;/h6,8-10H,1-5,7,14H2,(H,15,18)(H,16,17);1H. The molecule has 0 bridgehead atoms. The number of H-pyrrole nitrogens is 1. The topological polar surface area (TPSA) is 83.8 Å². The lowest BCUT2D eigenvalue weighted by molar-refractivity contribution is 0.0923. The van der Waals surface area contributed by atoms with Crippen molar-refractivity contribution in [3.8, 4) is 0 Å². The molecule has 5 nitrogen and oxygen atoms in total. The van der Waals surface area contributed by atoms with Gasteiger partial charge in [-0.05, 0) is 44.2 Å². The Hall–Kier alpha value is -1.07. The molecule has 2 saturated carbocycles. The van der Waals surface area contributed by atoms with Crippen LogP contribution in [0.15, 0.2) is 6.07 Å². The third-order valence-corrected chi connectivity index (χ3v) is 4.13. The average Bonchev–Trinajstić information content (AvgIpc) is 2.93. The average molecular weight is 285 g/mol. The predicted octanol–water partition coefficient (Wildman–Crippen LogP) is 1.57. The van der Waals surface area contributed by atoms with Crippen molar-refractivity contribution in [1.29, 1.82) is 0 Å². The molecular weight excluding hydrogens is 264 g/mol. The summed E-state index contributed by atoms with van der Waals surface area (Å²) in [7, 11) is 0. The number of nitrogens with two attached hydrogens (primary N) is 1. The van der Waals surface area contributed by atoms with Crippen molar-refractivity contribution >= 4 is 18.3 Å². The highest BCUT2D eigenvalue weighted by atomic mass is 35.5. The van der Waals surface area contributed by atoms with E-state index in [1.165, 1.54) is 12.8 Å². The van der Waals surface area contributed by atoms with Gasteiger partial charge in [0.05, 0.1) is 0 Å². The first kappa shape index (κ1) is 14.3. The van der Waals surface area contributed by atoms with Gasteiger partial charge in [0.2, 0.25) is 0 Å². The SMILES string of the molecule is Cl.NCC1CCCC1NC(=O)c1cc(C2CC2)[nH]n1. The molecule has 4 N–H and O–H groups in total. The number of carbonyl (C=O) groups is 1. The van der Waals surface area contributed by atoms with Crippen LogP contribution in [0.4, 0.5) is 0 Å². The second-order valence-corrected chi connectivity index (χ2v) is 5.49. The minimum Gasteiger partial charge on any atom is -0.348 e. The molecule has 3 rings (SSSR count). The van der Waals surface area contributed by atoms with Crippen molar-refractivity contribution in [3.63, 3.8) is 0 Å². The summed E-state index contributed by atoms with van der Waals surface area (Å²) in [5, 5.41) is 10.1. The van der Waals surface area contributed by atoms with Crippen LogP contribution in [0.3, 0.4) is 0 Å². The van der Waals surface area contributed by atoms with Gasteiger partial charge >= 0.3 is 0 Å². The Labute approximate surface area is 119 Å². The number of aromatic nitrogens is 2. The second kappa shape index (κ2) is 5.92. The lowest BCUT2D eigenvalue weighted by Crippen LogP contribution is -2.40. The number of rotatable bonds is 4. The maximum atomic E-state index is 12.1. The summed E-state index contributed by atoms with van der Waals surface area (Å²) in [5.74, 6) is 0.960. The second-order valence-electron chi connectivity index (χ2n) is 5.49. The van der Waals surface area contributed by atoms with Gasteiger partial charge in [-0.2, -0.15) is 5.10 Å². The molecule has 0 spiro atoms. The molecule has 2 aliphatic carbocycles. The summed E-state index contributed by atoms with van der Waals surface area (Å²) in [6, 6.07) is 2.11. The molecule has 1 aromatic heterocycles. The molecule has 6 heteroatoms. The van der Waals surface area contributed by atoms with Crippen molar-refractivity contribution in [3.05, 3.63) is 17.5 Å². The van der Waals surface area contributed by atoms with E-state index in [1.54, 1.807) is 0 Å². The highest BCUT2D eigenvalue weighted by Crippen LogP contribution is 2.39. The molecule has 1 heterocycles. The maximum absolute atomic E-state index is 12.1.